The molecule has 2 atom stereocenters. The summed E-state index contributed by atoms with van der Waals surface area (Å²) < 4.78 is 0. The second-order valence-electron chi connectivity index (χ2n) is 10.8. The number of likely N-dealkylation sites (N-methyl/N-ethyl adjacent to an activating group) is 1. The van der Waals surface area contributed by atoms with Gasteiger partial charge in [-0.2, -0.15) is 0 Å². The Labute approximate surface area is 229 Å². The first-order valence-corrected chi connectivity index (χ1v) is 13.7. The minimum absolute atomic E-state index is 0.120. The number of aliphatic imine (C=N–C) groups is 1. The van der Waals surface area contributed by atoms with Crippen LogP contribution in [-0.2, 0) is 10.4 Å². The molecule has 0 saturated carbocycles. The molecule has 1 amide bonds. The number of allylic oxidation sites excluding steroid dienone is 1. The fourth-order valence-corrected chi connectivity index (χ4v) is 5.53. The third-order valence-corrected chi connectivity index (χ3v) is 7.87. The standard InChI is InChI=1S/C29H36N8O2/c1-29(39)14-4-3-5-17-36-27(38)23-20-30-28(33-26(23)37(36)25-9-6-8-24(29)32-25)31-21-10-12-22(13-11-21)35-16-7-15-34(2)18-19-35/h3,5-6,8-13,20,26,39H,4,7,14-19H2,1-2H3,(H2,30,31,33)/b5-3-. The normalized spacial score (nSPS) is 26.4. The van der Waals surface area contributed by atoms with E-state index in [2.05, 4.69) is 56.7 Å². The highest BCUT2D eigenvalue weighted by atomic mass is 16.3. The molecule has 5 heterocycles. The van der Waals surface area contributed by atoms with E-state index in [-0.39, 0.29) is 5.91 Å². The molecule has 10 nitrogen and oxygen atoms in total. The Balaban J connectivity index is 1.22. The van der Waals surface area contributed by atoms with E-state index in [1.807, 2.05) is 35.4 Å². The number of rotatable bonds is 2. The third-order valence-electron chi connectivity index (χ3n) is 7.87. The largest absolute Gasteiger partial charge is 0.384 e. The number of nitrogens with zero attached hydrogens (tertiary/aromatic N) is 6. The molecule has 3 N–H and O–H groups in total. The number of aromatic nitrogens is 1. The summed E-state index contributed by atoms with van der Waals surface area (Å²) in [6, 6.07) is 14.0. The molecule has 0 radical (unpaired) electrons. The zero-order chi connectivity index (χ0) is 27.0. The summed E-state index contributed by atoms with van der Waals surface area (Å²) in [5.74, 6) is 1.02. The van der Waals surface area contributed by atoms with Gasteiger partial charge in [0.2, 0.25) is 5.96 Å². The molecule has 2 bridgehead atoms. The lowest BCUT2D eigenvalue weighted by atomic mass is 9.95. The van der Waals surface area contributed by atoms with Crippen molar-refractivity contribution >= 4 is 29.1 Å². The first-order valence-electron chi connectivity index (χ1n) is 13.7. The van der Waals surface area contributed by atoms with E-state index in [1.54, 1.807) is 18.1 Å². The Bertz CT molecular complexity index is 1320. The number of hydrogen-bond acceptors (Lipinski definition) is 9. The third kappa shape index (κ3) is 5.09. The number of fused-ring (bicyclic) bond motifs is 6. The lowest BCUT2D eigenvalue weighted by molar-refractivity contribution is -0.124. The van der Waals surface area contributed by atoms with E-state index >= 15 is 0 Å². The smallest absolute Gasteiger partial charge is 0.274 e. The second kappa shape index (κ2) is 10.3. The van der Waals surface area contributed by atoms with Gasteiger partial charge < -0.3 is 25.5 Å². The van der Waals surface area contributed by atoms with Gasteiger partial charge in [-0.1, -0.05) is 18.2 Å². The van der Waals surface area contributed by atoms with Crippen molar-refractivity contribution in [3.8, 4) is 0 Å². The van der Waals surface area contributed by atoms with Crippen molar-refractivity contribution in [1.82, 2.24) is 20.2 Å². The first-order chi connectivity index (χ1) is 18.9. The summed E-state index contributed by atoms with van der Waals surface area (Å²) in [6.45, 7) is 6.46. The van der Waals surface area contributed by atoms with Gasteiger partial charge in [-0.3, -0.25) is 4.79 Å². The molecule has 6 rings (SSSR count). The maximum absolute atomic E-state index is 13.4. The minimum Gasteiger partial charge on any atom is -0.384 e. The van der Waals surface area contributed by atoms with Gasteiger partial charge in [-0.05, 0) is 76.2 Å². The van der Waals surface area contributed by atoms with Crippen LogP contribution in [0.1, 0.15) is 31.9 Å². The number of amides is 1. The van der Waals surface area contributed by atoms with Crippen LogP contribution < -0.4 is 20.5 Å². The molecular formula is C29H36N8O2. The highest BCUT2D eigenvalue weighted by Crippen LogP contribution is 2.33. The fourth-order valence-electron chi connectivity index (χ4n) is 5.53. The van der Waals surface area contributed by atoms with Gasteiger partial charge in [-0.25, -0.2) is 20.0 Å². The molecule has 204 valence electrons. The van der Waals surface area contributed by atoms with Crippen LogP contribution in [0.4, 0.5) is 17.2 Å². The van der Waals surface area contributed by atoms with Gasteiger partial charge >= 0.3 is 0 Å². The van der Waals surface area contributed by atoms with E-state index < -0.39 is 11.8 Å². The molecule has 2 saturated heterocycles. The molecule has 39 heavy (non-hydrogen) atoms. The van der Waals surface area contributed by atoms with Crippen molar-refractivity contribution in [3.05, 3.63) is 72.1 Å². The summed E-state index contributed by atoms with van der Waals surface area (Å²) in [7, 11) is 2.18. The Morgan fingerprint density at radius 2 is 1.92 bits per heavy atom. The average Bonchev–Trinajstić information content (AvgIpc) is 3.05. The number of guanidine groups is 1. The van der Waals surface area contributed by atoms with Crippen LogP contribution in [-0.4, -0.2) is 77.8 Å². The summed E-state index contributed by atoms with van der Waals surface area (Å²) in [5, 5.41) is 21.4. The van der Waals surface area contributed by atoms with Gasteiger partial charge in [0.25, 0.3) is 5.91 Å². The number of carbonyl (C=O) groups is 1. The van der Waals surface area contributed by atoms with E-state index in [0.717, 1.165) is 38.3 Å². The fraction of sp³-hybridized carbons (Fsp3) is 0.414. The number of pyridine rings is 1. The zero-order valence-corrected chi connectivity index (χ0v) is 22.5. The molecule has 2 aromatic rings. The second-order valence-corrected chi connectivity index (χ2v) is 10.8. The van der Waals surface area contributed by atoms with Crippen molar-refractivity contribution in [1.29, 1.82) is 0 Å². The van der Waals surface area contributed by atoms with Crippen molar-refractivity contribution in [2.45, 2.75) is 38.0 Å². The SMILES string of the molecule is CN1CCCN(c2ccc(NC3=NC=C4C(=O)N5C/C=C\CCC(C)(O)c6cccc(n6)N5C4N3)cc2)CC1. The van der Waals surface area contributed by atoms with Gasteiger partial charge in [0, 0.05) is 37.2 Å². The quantitative estimate of drug-likeness (QED) is 0.512. The molecule has 4 aliphatic rings. The predicted molar refractivity (Wildman–Crippen MR) is 153 cm³/mol. The molecular weight excluding hydrogens is 492 g/mol. The van der Waals surface area contributed by atoms with E-state index in [1.165, 1.54) is 5.69 Å². The number of benzene rings is 1. The Morgan fingerprint density at radius 3 is 2.77 bits per heavy atom. The number of hydrogen-bond donors (Lipinski definition) is 3. The molecule has 4 aliphatic heterocycles. The van der Waals surface area contributed by atoms with Crippen LogP contribution in [0, 0.1) is 0 Å². The van der Waals surface area contributed by atoms with Gasteiger partial charge in [0.1, 0.15) is 11.4 Å². The predicted octanol–water partition coefficient (Wildman–Crippen LogP) is 2.63. The van der Waals surface area contributed by atoms with Crippen molar-refractivity contribution in [3.63, 3.8) is 0 Å². The first kappa shape index (κ1) is 25.4. The van der Waals surface area contributed by atoms with E-state index in [0.29, 0.717) is 42.4 Å². The highest BCUT2D eigenvalue weighted by Gasteiger charge is 2.45. The topological polar surface area (TPSA) is 99.6 Å². The molecule has 2 unspecified atom stereocenters. The highest BCUT2D eigenvalue weighted by molar-refractivity contribution is 6.04. The van der Waals surface area contributed by atoms with Crippen LogP contribution in [0.25, 0.3) is 0 Å². The molecule has 0 spiro atoms. The van der Waals surface area contributed by atoms with E-state index in [9.17, 15) is 9.90 Å². The number of aliphatic hydroxyl groups is 1. The average molecular weight is 529 g/mol. The van der Waals surface area contributed by atoms with Gasteiger partial charge in [0.15, 0.2) is 6.17 Å². The van der Waals surface area contributed by atoms with E-state index in [4.69, 9.17) is 4.98 Å². The zero-order valence-electron chi connectivity index (χ0n) is 22.5. The minimum atomic E-state index is -1.07. The van der Waals surface area contributed by atoms with Crippen LogP contribution in [0.3, 0.4) is 0 Å². The maximum atomic E-state index is 13.4. The molecule has 0 aliphatic carbocycles. The van der Waals surface area contributed by atoms with Crippen molar-refractivity contribution in [2.75, 3.05) is 55.0 Å². The summed E-state index contributed by atoms with van der Waals surface area (Å²) in [4.78, 5) is 27.5. The Kier molecular flexibility index (Phi) is 6.74. The number of carbonyl (C=O) groups excluding carboxylic acids is 1. The van der Waals surface area contributed by atoms with Crippen LogP contribution in [0.15, 0.2) is 71.4 Å². The number of hydrazine groups is 1. The molecule has 1 aromatic carbocycles. The maximum Gasteiger partial charge on any atom is 0.274 e. The lowest BCUT2D eigenvalue weighted by Crippen LogP contribution is -2.53. The summed E-state index contributed by atoms with van der Waals surface area (Å²) >= 11 is 0. The molecule has 10 heteroatoms. The van der Waals surface area contributed by atoms with Gasteiger partial charge in [-0.15, -0.1) is 0 Å². The monoisotopic (exact) mass is 528 g/mol. The molecule has 1 aromatic heterocycles. The van der Waals surface area contributed by atoms with Crippen molar-refractivity contribution < 1.29 is 9.90 Å². The summed E-state index contributed by atoms with van der Waals surface area (Å²) in [6.07, 6.45) is 7.53. The number of anilines is 3. The molecule has 2 fully saturated rings. The van der Waals surface area contributed by atoms with Crippen LogP contribution >= 0.6 is 0 Å². The van der Waals surface area contributed by atoms with Gasteiger partial charge in [0.05, 0.1) is 17.8 Å². The lowest BCUT2D eigenvalue weighted by Gasteiger charge is -2.34. The summed E-state index contributed by atoms with van der Waals surface area (Å²) in [5.41, 5.74) is 2.19. The number of nitrogens with one attached hydrogen (secondary N) is 2. The van der Waals surface area contributed by atoms with Crippen LogP contribution in [0.2, 0.25) is 0 Å². The Hall–Kier alpha value is -3.89. The van der Waals surface area contributed by atoms with Crippen LogP contribution in [0.5, 0.6) is 0 Å². The Morgan fingerprint density at radius 1 is 1.08 bits per heavy atom. The van der Waals surface area contributed by atoms with Crippen molar-refractivity contribution in [2.24, 2.45) is 4.99 Å².